The first-order chi connectivity index (χ1) is 10.5. The first-order valence-electron chi connectivity index (χ1n) is 6.30. The van der Waals surface area contributed by atoms with Crippen LogP contribution in [0.1, 0.15) is 18.9 Å². The lowest BCUT2D eigenvalue weighted by atomic mass is 10.1. The van der Waals surface area contributed by atoms with Gasteiger partial charge in [-0.3, -0.25) is 4.79 Å². The number of carbonyl (C=O) groups excluding carboxylic acids is 1. The van der Waals surface area contributed by atoms with Gasteiger partial charge in [0.2, 0.25) is 0 Å². The highest BCUT2D eigenvalue weighted by Gasteiger charge is 2.35. The van der Waals surface area contributed by atoms with Crippen molar-refractivity contribution in [3.8, 4) is 5.75 Å². The lowest BCUT2D eigenvalue weighted by molar-refractivity contribution is -0.275. The molecule has 0 aromatic heterocycles. The Balaban J connectivity index is 2.95. The number of rotatable bonds is 6. The van der Waals surface area contributed by atoms with E-state index in [9.17, 15) is 31.1 Å². The van der Waals surface area contributed by atoms with Crippen molar-refractivity contribution in [3.63, 3.8) is 0 Å². The Bertz CT molecular complexity index is 541. The molecule has 1 aromatic carbocycles. The van der Waals surface area contributed by atoms with Gasteiger partial charge in [-0.25, -0.2) is 0 Å². The summed E-state index contributed by atoms with van der Waals surface area (Å²) in [4.78, 5) is 10.5. The SMILES string of the molecule is CCOC(=O)CCc1ccc(OC(F)(F)F)c(SC(F)(F)F)c1. The van der Waals surface area contributed by atoms with Gasteiger partial charge in [0.1, 0.15) is 5.75 Å². The van der Waals surface area contributed by atoms with Crippen LogP contribution in [-0.4, -0.2) is 24.4 Å². The summed E-state index contributed by atoms with van der Waals surface area (Å²) in [6.07, 6.45) is -5.16. The minimum Gasteiger partial charge on any atom is -0.466 e. The van der Waals surface area contributed by atoms with Crippen LogP contribution in [0, 0.1) is 0 Å². The van der Waals surface area contributed by atoms with Crippen molar-refractivity contribution >= 4 is 17.7 Å². The summed E-state index contributed by atoms with van der Waals surface area (Å²) in [7, 11) is 0. The van der Waals surface area contributed by atoms with Crippen LogP contribution in [0.25, 0.3) is 0 Å². The molecule has 0 amide bonds. The van der Waals surface area contributed by atoms with E-state index in [1.807, 2.05) is 0 Å². The summed E-state index contributed by atoms with van der Waals surface area (Å²) in [5, 5.41) is 0. The van der Waals surface area contributed by atoms with Crippen LogP contribution in [0.15, 0.2) is 23.1 Å². The minimum atomic E-state index is -5.10. The van der Waals surface area contributed by atoms with Gasteiger partial charge >= 0.3 is 17.8 Å². The number of alkyl halides is 6. The third kappa shape index (κ3) is 8.00. The van der Waals surface area contributed by atoms with Crippen molar-refractivity contribution in [2.75, 3.05) is 6.61 Å². The molecule has 0 spiro atoms. The number of hydrogen-bond acceptors (Lipinski definition) is 4. The lowest BCUT2D eigenvalue weighted by Gasteiger charge is -2.15. The number of aryl methyl sites for hydroxylation is 1. The van der Waals surface area contributed by atoms with Crippen molar-refractivity contribution in [3.05, 3.63) is 23.8 Å². The number of esters is 1. The molecule has 0 bridgehead atoms. The molecular formula is C13H12F6O3S. The highest BCUT2D eigenvalue weighted by molar-refractivity contribution is 8.00. The zero-order chi connectivity index (χ0) is 17.7. The molecule has 0 fully saturated rings. The molecule has 130 valence electrons. The van der Waals surface area contributed by atoms with Gasteiger partial charge in [-0.2, -0.15) is 13.2 Å². The van der Waals surface area contributed by atoms with E-state index in [-0.39, 0.29) is 25.0 Å². The Labute approximate surface area is 131 Å². The molecule has 0 N–H and O–H groups in total. The van der Waals surface area contributed by atoms with Crippen LogP contribution in [0.3, 0.4) is 0 Å². The summed E-state index contributed by atoms with van der Waals surface area (Å²) in [5.41, 5.74) is -4.51. The second-order valence-electron chi connectivity index (χ2n) is 4.18. The molecule has 0 aliphatic heterocycles. The van der Waals surface area contributed by atoms with Crippen LogP contribution >= 0.6 is 11.8 Å². The zero-order valence-corrected chi connectivity index (χ0v) is 12.6. The van der Waals surface area contributed by atoms with Crippen LogP contribution in [0.2, 0.25) is 0 Å². The summed E-state index contributed by atoms with van der Waals surface area (Å²) in [6.45, 7) is 1.76. The molecule has 0 saturated carbocycles. The lowest BCUT2D eigenvalue weighted by Crippen LogP contribution is -2.18. The predicted octanol–water partition coefficient (Wildman–Crippen LogP) is 4.69. The standard InChI is InChI=1S/C13H12F6O3S/c1-2-21-11(20)6-4-8-3-5-9(22-12(14,15)16)10(7-8)23-13(17,18)19/h3,5,7H,2,4,6H2,1H3. The number of hydrogen-bond donors (Lipinski definition) is 0. The maximum Gasteiger partial charge on any atom is 0.573 e. The molecule has 0 aliphatic rings. The third-order valence-electron chi connectivity index (χ3n) is 2.38. The van der Waals surface area contributed by atoms with Gasteiger partial charge in [-0.05, 0) is 42.8 Å². The smallest absolute Gasteiger partial charge is 0.466 e. The van der Waals surface area contributed by atoms with E-state index in [4.69, 9.17) is 0 Å². The van der Waals surface area contributed by atoms with Gasteiger partial charge < -0.3 is 9.47 Å². The van der Waals surface area contributed by atoms with E-state index >= 15 is 0 Å². The average molecular weight is 362 g/mol. The minimum absolute atomic E-state index is 0.0382. The topological polar surface area (TPSA) is 35.5 Å². The second-order valence-corrected chi connectivity index (χ2v) is 5.29. The molecule has 3 nitrogen and oxygen atoms in total. The van der Waals surface area contributed by atoms with E-state index in [0.29, 0.717) is 0 Å². The monoisotopic (exact) mass is 362 g/mol. The normalized spacial score (nSPS) is 12.1. The summed E-state index contributed by atoms with van der Waals surface area (Å²) in [5.74, 6) is -1.49. The van der Waals surface area contributed by atoms with Gasteiger partial charge in [0, 0.05) is 6.42 Å². The molecule has 0 aliphatic carbocycles. The molecule has 0 radical (unpaired) electrons. The number of ether oxygens (including phenoxy) is 2. The number of carbonyl (C=O) groups is 1. The Hall–Kier alpha value is -1.58. The summed E-state index contributed by atoms with van der Waals surface area (Å²) < 4.78 is 82.3. The number of benzene rings is 1. The third-order valence-corrected chi connectivity index (χ3v) is 3.15. The van der Waals surface area contributed by atoms with Gasteiger partial charge in [-0.15, -0.1) is 13.2 Å². The van der Waals surface area contributed by atoms with E-state index in [1.54, 1.807) is 6.92 Å². The maximum atomic E-state index is 12.5. The summed E-state index contributed by atoms with van der Waals surface area (Å²) in [6, 6.07) is 2.88. The van der Waals surface area contributed by atoms with Crippen LogP contribution in [0.5, 0.6) is 5.75 Å². The maximum absolute atomic E-state index is 12.5. The second kappa shape index (κ2) is 7.80. The quantitative estimate of drug-likeness (QED) is 0.418. The van der Waals surface area contributed by atoms with E-state index in [1.165, 1.54) is 6.07 Å². The fraction of sp³-hybridized carbons (Fsp3) is 0.462. The highest BCUT2D eigenvalue weighted by Crippen LogP contribution is 2.43. The first-order valence-corrected chi connectivity index (χ1v) is 7.12. The Morgan fingerprint density at radius 1 is 1.17 bits per heavy atom. The average Bonchev–Trinajstić information content (AvgIpc) is 2.36. The van der Waals surface area contributed by atoms with Gasteiger partial charge in [0.05, 0.1) is 11.5 Å². The highest BCUT2D eigenvalue weighted by atomic mass is 32.2. The molecule has 1 aromatic rings. The number of halogens is 6. The van der Waals surface area contributed by atoms with Crippen molar-refractivity contribution < 1.29 is 40.6 Å². The van der Waals surface area contributed by atoms with Crippen LogP contribution in [-0.2, 0) is 16.0 Å². The van der Waals surface area contributed by atoms with Crippen molar-refractivity contribution in [1.82, 2.24) is 0 Å². The van der Waals surface area contributed by atoms with Crippen molar-refractivity contribution in [2.45, 2.75) is 36.5 Å². The van der Waals surface area contributed by atoms with E-state index in [2.05, 4.69) is 9.47 Å². The summed E-state index contributed by atoms with van der Waals surface area (Å²) >= 11 is -0.714. The largest absolute Gasteiger partial charge is 0.573 e. The molecule has 0 unspecified atom stereocenters. The fourth-order valence-corrected chi connectivity index (χ4v) is 2.27. The fourth-order valence-electron chi connectivity index (χ4n) is 1.60. The first kappa shape index (κ1) is 19.5. The van der Waals surface area contributed by atoms with Gasteiger partial charge in [0.25, 0.3) is 0 Å². The molecule has 0 atom stereocenters. The van der Waals surface area contributed by atoms with Crippen molar-refractivity contribution in [1.29, 1.82) is 0 Å². The molecule has 1 rings (SSSR count). The Morgan fingerprint density at radius 3 is 2.35 bits per heavy atom. The zero-order valence-electron chi connectivity index (χ0n) is 11.8. The molecule has 0 heterocycles. The van der Waals surface area contributed by atoms with Crippen molar-refractivity contribution in [2.24, 2.45) is 0 Å². The van der Waals surface area contributed by atoms with Gasteiger partial charge in [-0.1, -0.05) is 6.07 Å². The van der Waals surface area contributed by atoms with Crippen LogP contribution < -0.4 is 4.74 Å². The number of thioether (sulfide) groups is 1. The van der Waals surface area contributed by atoms with Crippen LogP contribution in [0.4, 0.5) is 26.3 Å². The Kier molecular flexibility index (Phi) is 6.60. The van der Waals surface area contributed by atoms with E-state index < -0.39 is 40.2 Å². The molecule has 23 heavy (non-hydrogen) atoms. The predicted molar refractivity (Wildman–Crippen MR) is 70.0 cm³/mol. The molecule has 10 heteroatoms. The van der Waals surface area contributed by atoms with E-state index in [0.717, 1.165) is 12.1 Å². The molecular weight excluding hydrogens is 350 g/mol. The molecule has 0 saturated heterocycles. The Morgan fingerprint density at radius 2 is 1.83 bits per heavy atom. The van der Waals surface area contributed by atoms with Gasteiger partial charge in [0.15, 0.2) is 0 Å².